The van der Waals surface area contributed by atoms with Crippen molar-refractivity contribution < 1.29 is 19.2 Å². The number of halogens is 1. The summed E-state index contributed by atoms with van der Waals surface area (Å²) in [5.74, 6) is -0.0780. The maximum Gasteiger partial charge on any atom is 0.293 e. The van der Waals surface area contributed by atoms with E-state index in [2.05, 4.69) is 22.9 Å². The second kappa shape index (κ2) is 10.9. The molecule has 0 unspecified atom stereocenters. The van der Waals surface area contributed by atoms with Gasteiger partial charge in [0.15, 0.2) is 5.78 Å². The number of thioether (sulfide) groups is 1. The van der Waals surface area contributed by atoms with Crippen LogP contribution in [0.15, 0.2) is 58.0 Å². The summed E-state index contributed by atoms with van der Waals surface area (Å²) < 4.78 is 2.77. The van der Waals surface area contributed by atoms with Gasteiger partial charge < -0.3 is 9.47 Å². The zero-order chi connectivity index (χ0) is 27.0. The number of aromatic nitrogens is 1. The average Bonchev–Trinajstić information content (AvgIpc) is 3.35. The van der Waals surface area contributed by atoms with Gasteiger partial charge in [0.1, 0.15) is 6.54 Å². The molecule has 3 amide bonds. The Labute approximate surface area is 234 Å². The van der Waals surface area contributed by atoms with Crippen molar-refractivity contribution in [3.8, 4) is 0 Å². The Morgan fingerprint density at radius 3 is 2.47 bits per heavy atom. The molecular weight excluding hydrogens is 566 g/mol. The number of carbonyl (C=O) groups is 4. The zero-order valence-electron chi connectivity index (χ0n) is 21.3. The molecule has 0 aliphatic carbocycles. The van der Waals surface area contributed by atoms with E-state index in [0.717, 1.165) is 69.1 Å². The summed E-state index contributed by atoms with van der Waals surface area (Å²) in [5, 5.41) is 0.392. The number of rotatable bonds is 6. The zero-order valence-corrected chi connectivity index (χ0v) is 23.7. The van der Waals surface area contributed by atoms with Crippen LogP contribution >= 0.6 is 27.7 Å². The minimum atomic E-state index is -0.491. The number of likely N-dealkylation sites (tertiary alicyclic amines) is 1. The Kier molecular flexibility index (Phi) is 7.59. The first-order valence-corrected chi connectivity index (χ1v) is 14.2. The molecule has 2 aliphatic heterocycles. The van der Waals surface area contributed by atoms with Crippen LogP contribution in [0.3, 0.4) is 0 Å². The predicted octanol–water partition coefficient (Wildman–Crippen LogP) is 5.89. The quantitative estimate of drug-likeness (QED) is 0.263. The third-order valence-electron chi connectivity index (χ3n) is 7.15. The molecule has 1 aromatic heterocycles. The average molecular weight is 595 g/mol. The standard InChI is InChI=1S/C29H28BrN3O4S/c1-18-3-5-20(6-4-18)25(34)16-33-28(36)26(38-29(33)37)13-21-15-32(24-8-7-22(30)14-23(21)24)17-27(35)31-11-9-19(2)10-12-31/h3-8,13-15,19H,9-12,16-17H2,1-2H3/b26-13-. The van der Waals surface area contributed by atoms with Crippen LogP contribution in [0.4, 0.5) is 4.79 Å². The van der Waals surface area contributed by atoms with Gasteiger partial charge in [-0.1, -0.05) is 52.7 Å². The Morgan fingerprint density at radius 2 is 1.76 bits per heavy atom. The van der Waals surface area contributed by atoms with Crippen LogP contribution < -0.4 is 0 Å². The Balaban J connectivity index is 1.39. The highest BCUT2D eigenvalue weighted by Crippen LogP contribution is 2.35. The molecule has 2 aliphatic rings. The summed E-state index contributed by atoms with van der Waals surface area (Å²) >= 11 is 4.34. The fraction of sp³-hybridized carbons (Fsp3) is 0.310. The minimum Gasteiger partial charge on any atom is -0.341 e. The van der Waals surface area contributed by atoms with Crippen molar-refractivity contribution in [2.24, 2.45) is 5.92 Å². The third-order valence-corrected chi connectivity index (χ3v) is 8.55. The van der Waals surface area contributed by atoms with E-state index in [-0.39, 0.29) is 29.7 Å². The number of piperidine rings is 1. The SMILES string of the molecule is Cc1ccc(C(=O)CN2C(=O)S/C(=C\c3cn(CC(=O)N4CCC(C)CC4)c4ccc(Br)cc34)C2=O)cc1. The summed E-state index contributed by atoms with van der Waals surface area (Å²) in [7, 11) is 0. The molecule has 2 fully saturated rings. The van der Waals surface area contributed by atoms with Crippen molar-refractivity contribution in [1.82, 2.24) is 14.4 Å². The van der Waals surface area contributed by atoms with Crippen molar-refractivity contribution in [3.05, 3.63) is 74.7 Å². The molecule has 0 radical (unpaired) electrons. The first kappa shape index (κ1) is 26.4. The second-order valence-corrected chi connectivity index (χ2v) is 11.9. The number of imide groups is 1. The van der Waals surface area contributed by atoms with Gasteiger partial charge in [-0.25, -0.2) is 0 Å². The smallest absolute Gasteiger partial charge is 0.293 e. The van der Waals surface area contributed by atoms with Crippen LogP contribution in [0, 0.1) is 12.8 Å². The molecule has 38 heavy (non-hydrogen) atoms. The van der Waals surface area contributed by atoms with Crippen LogP contribution in [-0.4, -0.2) is 56.8 Å². The van der Waals surface area contributed by atoms with Gasteiger partial charge in [-0.05, 0) is 61.7 Å². The lowest BCUT2D eigenvalue weighted by Crippen LogP contribution is -2.39. The van der Waals surface area contributed by atoms with Crippen LogP contribution in [0.25, 0.3) is 17.0 Å². The van der Waals surface area contributed by atoms with Gasteiger partial charge in [-0.3, -0.25) is 24.1 Å². The number of nitrogens with zero attached hydrogens (tertiary/aromatic N) is 3. The highest BCUT2D eigenvalue weighted by molar-refractivity contribution is 9.10. The van der Waals surface area contributed by atoms with Gasteiger partial charge in [0.25, 0.3) is 11.1 Å². The number of fused-ring (bicyclic) bond motifs is 1. The van der Waals surface area contributed by atoms with Gasteiger partial charge in [0, 0.05) is 45.8 Å². The maximum atomic E-state index is 13.1. The third kappa shape index (κ3) is 5.49. The Bertz CT molecular complexity index is 1470. The maximum absolute atomic E-state index is 13.1. The van der Waals surface area contributed by atoms with E-state index in [9.17, 15) is 19.2 Å². The van der Waals surface area contributed by atoms with Crippen molar-refractivity contribution in [2.75, 3.05) is 19.6 Å². The molecular formula is C29H28BrN3O4S. The highest BCUT2D eigenvalue weighted by atomic mass is 79.9. The molecule has 9 heteroatoms. The number of hydrogen-bond acceptors (Lipinski definition) is 5. The number of carbonyl (C=O) groups excluding carboxylic acids is 4. The lowest BCUT2D eigenvalue weighted by molar-refractivity contribution is -0.133. The van der Waals surface area contributed by atoms with Crippen molar-refractivity contribution >= 4 is 67.5 Å². The number of Topliss-reactive ketones (excluding diaryl/α,β-unsaturated/α-hetero) is 1. The molecule has 196 valence electrons. The van der Waals surface area contributed by atoms with E-state index >= 15 is 0 Å². The van der Waals surface area contributed by atoms with E-state index in [4.69, 9.17) is 0 Å². The first-order chi connectivity index (χ1) is 18.2. The van der Waals surface area contributed by atoms with Gasteiger partial charge in [-0.15, -0.1) is 0 Å². The number of benzene rings is 2. The summed E-state index contributed by atoms with van der Waals surface area (Å²) in [6, 6.07) is 12.8. The number of amides is 3. The second-order valence-electron chi connectivity index (χ2n) is 9.99. The monoisotopic (exact) mass is 593 g/mol. The molecule has 2 aromatic carbocycles. The molecule has 5 rings (SSSR count). The predicted molar refractivity (Wildman–Crippen MR) is 153 cm³/mol. The van der Waals surface area contributed by atoms with Crippen molar-refractivity contribution in [2.45, 2.75) is 33.2 Å². The largest absolute Gasteiger partial charge is 0.341 e. The summed E-state index contributed by atoms with van der Waals surface area (Å²) in [6.45, 7) is 5.58. The number of hydrogen-bond donors (Lipinski definition) is 0. The molecule has 0 atom stereocenters. The summed E-state index contributed by atoms with van der Waals surface area (Å²) in [6.07, 6.45) is 5.56. The normalized spacial score (nSPS) is 17.7. The van der Waals surface area contributed by atoms with E-state index < -0.39 is 11.1 Å². The molecule has 0 saturated carbocycles. The van der Waals surface area contributed by atoms with Gasteiger partial charge >= 0.3 is 0 Å². The van der Waals surface area contributed by atoms with Gasteiger partial charge in [-0.2, -0.15) is 0 Å². The van der Waals surface area contributed by atoms with Crippen LogP contribution in [0.1, 0.15) is 41.3 Å². The lowest BCUT2D eigenvalue weighted by Gasteiger charge is -2.30. The van der Waals surface area contributed by atoms with Gasteiger partial charge in [0.2, 0.25) is 5.91 Å². The Hall–Kier alpha value is -3.17. The van der Waals surface area contributed by atoms with E-state index in [1.165, 1.54) is 0 Å². The number of ketones is 1. The lowest BCUT2D eigenvalue weighted by atomic mass is 9.99. The van der Waals surface area contributed by atoms with Crippen LogP contribution in [0.2, 0.25) is 0 Å². The Morgan fingerprint density at radius 1 is 1.05 bits per heavy atom. The topological polar surface area (TPSA) is 79.7 Å². The molecule has 0 bridgehead atoms. The van der Waals surface area contributed by atoms with E-state index in [1.54, 1.807) is 18.2 Å². The first-order valence-electron chi connectivity index (χ1n) is 12.6. The van der Waals surface area contributed by atoms with Crippen molar-refractivity contribution in [3.63, 3.8) is 0 Å². The number of aryl methyl sites for hydroxylation is 1. The van der Waals surface area contributed by atoms with Crippen molar-refractivity contribution in [1.29, 1.82) is 0 Å². The molecule has 2 saturated heterocycles. The van der Waals surface area contributed by atoms with Crippen LogP contribution in [-0.2, 0) is 16.1 Å². The fourth-order valence-corrected chi connectivity index (χ4v) is 5.99. The van der Waals surface area contributed by atoms with Gasteiger partial charge in [0.05, 0.1) is 11.4 Å². The minimum absolute atomic E-state index is 0.0678. The summed E-state index contributed by atoms with van der Waals surface area (Å²) in [5.41, 5.74) is 3.08. The van der Waals surface area contributed by atoms with E-state index in [0.29, 0.717) is 11.5 Å². The highest BCUT2D eigenvalue weighted by Gasteiger charge is 2.36. The molecule has 3 aromatic rings. The van der Waals surface area contributed by atoms with E-state index in [1.807, 2.05) is 52.9 Å². The molecule has 0 spiro atoms. The van der Waals surface area contributed by atoms with Crippen LogP contribution in [0.5, 0.6) is 0 Å². The molecule has 0 N–H and O–H groups in total. The summed E-state index contributed by atoms with van der Waals surface area (Å²) in [4.78, 5) is 54.8. The molecule has 3 heterocycles. The fourth-order valence-electron chi connectivity index (χ4n) is 4.80. The molecule has 7 nitrogen and oxygen atoms in total.